The van der Waals surface area contributed by atoms with Gasteiger partial charge in [-0.3, -0.25) is 4.79 Å². The highest BCUT2D eigenvalue weighted by atomic mass is 32.2. The van der Waals surface area contributed by atoms with E-state index < -0.39 is 10.0 Å². The molecule has 1 fully saturated rings. The number of sulfonamides is 1. The Morgan fingerprint density at radius 3 is 2.32 bits per heavy atom. The van der Waals surface area contributed by atoms with Crippen molar-refractivity contribution in [3.05, 3.63) is 48.5 Å². The Bertz CT molecular complexity index is 956. The van der Waals surface area contributed by atoms with Crippen molar-refractivity contribution in [2.24, 2.45) is 0 Å². The van der Waals surface area contributed by atoms with E-state index in [4.69, 9.17) is 14.2 Å². The van der Waals surface area contributed by atoms with E-state index in [9.17, 15) is 13.2 Å². The summed E-state index contributed by atoms with van der Waals surface area (Å²) in [5.41, 5.74) is 0. The van der Waals surface area contributed by atoms with Crippen LogP contribution in [0.5, 0.6) is 17.2 Å². The molecule has 1 N–H and O–H groups in total. The van der Waals surface area contributed by atoms with Gasteiger partial charge in [-0.05, 0) is 49.2 Å². The van der Waals surface area contributed by atoms with Crippen LogP contribution >= 0.6 is 0 Å². The van der Waals surface area contributed by atoms with Crippen LogP contribution < -0.4 is 19.5 Å². The molecular formula is C22H28N2O6S. The third-order valence-corrected chi connectivity index (χ3v) is 6.81. The molecule has 9 heteroatoms. The summed E-state index contributed by atoms with van der Waals surface area (Å²) in [6, 6.07) is 13.5. The normalized spacial score (nSPS) is 14.6. The average molecular weight is 449 g/mol. The molecule has 168 valence electrons. The maximum absolute atomic E-state index is 12.7. The summed E-state index contributed by atoms with van der Waals surface area (Å²) < 4.78 is 43.1. The summed E-state index contributed by atoms with van der Waals surface area (Å²) in [4.78, 5) is 12.2. The van der Waals surface area contributed by atoms with Crippen molar-refractivity contribution >= 4 is 15.9 Å². The van der Waals surface area contributed by atoms with Gasteiger partial charge < -0.3 is 19.5 Å². The van der Waals surface area contributed by atoms with E-state index in [0.717, 1.165) is 19.3 Å². The number of methoxy groups -OCH3 is 1. The largest absolute Gasteiger partial charge is 0.493 e. The summed E-state index contributed by atoms with van der Waals surface area (Å²) >= 11 is 0. The summed E-state index contributed by atoms with van der Waals surface area (Å²) in [5.74, 6) is 1.31. The molecule has 0 bridgehead atoms. The molecular weight excluding hydrogens is 420 g/mol. The summed E-state index contributed by atoms with van der Waals surface area (Å²) in [6.07, 6.45) is 2.87. The molecule has 1 amide bonds. The first-order valence-electron chi connectivity index (χ1n) is 10.3. The second kappa shape index (κ2) is 11.0. The Kier molecular flexibility index (Phi) is 8.13. The third kappa shape index (κ3) is 6.35. The highest BCUT2D eigenvalue weighted by Crippen LogP contribution is 2.25. The quantitative estimate of drug-likeness (QED) is 0.561. The number of ether oxygens (including phenoxy) is 3. The minimum Gasteiger partial charge on any atom is -0.493 e. The number of hydrogen-bond donors (Lipinski definition) is 1. The Balaban J connectivity index is 1.40. The van der Waals surface area contributed by atoms with Gasteiger partial charge in [-0.25, -0.2) is 8.42 Å². The molecule has 0 aromatic heterocycles. The summed E-state index contributed by atoms with van der Waals surface area (Å²) in [6.45, 7) is 1.55. The van der Waals surface area contributed by atoms with Gasteiger partial charge in [0.15, 0.2) is 18.1 Å². The Hall–Kier alpha value is -2.78. The van der Waals surface area contributed by atoms with E-state index in [0.29, 0.717) is 36.9 Å². The standard InChI is InChI=1S/C22H28N2O6S/c1-28-20-7-3-4-8-21(20)30-17-22(25)23-13-16-29-18-9-11-19(12-10-18)31(26,27)24-14-5-2-6-15-24/h3-4,7-12H,2,5-6,13-17H2,1H3,(H,23,25). The van der Waals surface area contributed by atoms with E-state index in [2.05, 4.69) is 5.32 Å². The van der Waals surface area contributed by atoms with Gasteiger partial charge in [0.1, 0.15) is 12.4 Å². The zero-order valence-electron chi connectivity index (χ0n) is 17.6. The molecule has 8 nitrogen and oxygen atoms in total. The van der Waals surface area contributed by atoms with Crippen LogP contribution in [0.3, 0.4) is 0 Å². The lowest BCUT2D eigenvalue weighted by Crippen LogP contribution is -2.35. The maximum atomic E-state index is 12.7. The highest BCUT2D eigenvalue weighted by molar-refractivity contribution is 7.89. The van der Waals surface area contributed by atoms with Crippen molar-refractivity contribution in [3.8, 4) is 17.2 Å². The topological polar surface area (TPSA) is 94.2 Å². The fourth-order valence-corrected chi connectivity index (χ4v) is 4.77. The lowest BCUT2D eigenvalue weighted by atomic mass is 10.2. The molecule has 31 heavy (non-hydrogen) atoms. The van der Waals surface area contributed by atoms with E-state index >= 15 is 0 Å². The summed E-state index contributed by atoms with van der Waals surface area (Å²) in [5, 5.41) is 2.71. The molecule has 1 saturated heterocycles. The molecule has 1 aliphatic rings. The second-order valence-corrected chi connectivity index (χ2v) is 9.01. The number of nitrogens with zero attached hydrogens (tertiary/aromatic N) is 1. The molecule has 3 rings (SSSR count). The lowest BCUT2D eigenvalue weighted by molar-refractivity contribution is -0.123. The van der Waals surface area contributed by atoms with Gasteiger partial charge in [0.2, 0.25) is 10.0 Å². The fraction of sp³-hybridized carbons (Fsp3) is 0.409. The van der Waals surface area contributed by atoms with Gasteiger partial charge >= 0.3 is 0 Å². The van der Waals surface area contributed by atoms with Crippen molar-refractivity contribution in [2.45, 2.75) is 24.2 Å². The van der Waals surface area contributed by atoms with Crippen molar-refractivity contribution in [3.63, 3.8) is 0 Å². The van der Waals surface area contributed by atoms with E-state index in [1.54, 1.807) is 42.5 Å². The third-order valence-electron chi connectivity index (χ3n) is 4.90. The maximum Gasteiger partial charge on any atom is 0.258 e. The SMILES string of the molecule is COc1ccccc1OCC(=O)NCCOc1ccc(S(=O)(=O)N2CCCCC2)cc1. The van der Waals surface area contributed by atoms with Gasteiger partial charge in [-0.15, -0.1) is 0 Å². The van der Waals surface area contributed by atoms with Gasteiger partial charge in [0.25, 0.3) is 5.91 Å². The first-order chi connectivity index (χ1) is 15.0. The molecule has 2 aromatic rings. The van der Waals surface area contributed by atoms with Crippen LogP contribution in [-0.2, 0) is 14.8 Å². The van der Waals surface area contributed by atoms with Gasteiger partial charge in [0.05, 0.1) is 18.6 Å². The van der Waals surface area contributed by atoms with Gasteiger partial charge in [-0.1, -0.05) is 18.6 Å². The van der Waals surface area contributed by atoms with Crippen LogP contribution in [0.4, 0.5) is 0 Å². The zero-order valence-corrected chi connectivity index (χ0v) is 18.4. The molecule has 0 aliphatic carbocycles. The molecule has 0 atom stereocenters. The number of hydrogen-bond acceptors (Lipinski definition) is 6. The smallest absolute Gasteiger partial charge is 0.258 e. The molecule has 1 heterocycles. The van der Waals surface area contributed by atoms with Crippen LogP contribution in [0.1, 0.15) is 19.3 Å². The fourth-order valence-electron chi connectivity index (χ4n) is 3.25. The number of amides is 1. The lowest BCUT2D eigenvalue weighted by Gasteiger charge is -2.25. The molecule has 0 spiro atoms. The molecule has 1 aliphatic heterocycles. The van der Waals surface area contributed by atoms with Crippen LogP contribution in [-0.4, -0.2) is 58.6 Å². The van der Waals surface area contributed by atoms with Crippen LogP contribution in [0, 0.1) is 0 Å². The molecule has 0 saturated carbocycles. The summed E-state index contributed by atoms with van der Waals surface area (Å²) in [7, 11) is -1.91. The number of carbonyl (C=O) groups excluding carboxylic acids is 1. The molecule has 0 unspecified atom stereocenters. The van der Waals surface area contributed by atoms with Crippen LogP contribution in [0.25, 0.3) is 0 Å². The van der Waals surface area contributed by atoms with Gasteiger partial charge in [-0.2, -0.15) is 4.31 Å². The van der Waals surface area contributed by atoms with Crippen LogP contribution in [0.2, 0.25) is 0 Å². The first-order valence-corrected chi connectivity index (χ1v) is 11.7. The number of carbonyl (C=O) groups is 1. The van der Waals surface area contributed by atoms with Crippen molar-refractivity contribution in [2.75, 3.05) is 40.0 Å². The Morgan fingerprint density at radius 1 is 0.968 bits per heavy atom. The minimum absolute atomic E-state index is 0.135. The van der Waals surface area contributed by atoms with Crippen molar-refractivity contribution in [1.29, 1.82) is 0 Å². The van der Waals surface area contributed by atoms with Gasteiger partial charge in [0, 0.05) is 13.1 Å². The number of benzene rings is 2. The monoisotopic (exact) mass is 448 g/mol. The zero-order chi connectivity index (χ0) is 22.1. The predicted molar refractivity (Wildman–Crippen MR) is 116 cm³/mol. The predicted octanol–water partition coefficient (Wildman–Crippen LogP) is 2.44. The van der Waals surface area contributed by atoms with Crippen molar-refractivity contribution in [1.82, 2.24) is 9.62 Å². The van der Waals surface area contributed by atoms with E-state index in [1.807, 2.05) is 6.07 Å². The molecule has 2 aromatic carbocycles. The number of rotatable bonds is 10. The number of para-hydroxylation sites is 2. The number of nitrogens with one attached hydrogen (secondary N) is 1. The Morgan fingerprint density at radius 2 is 1.65 bits per heavy atom. The average Bonchev–Trinajstić information content (AvgIpc) is 2.81. The molecule has 0 radical (unpaired) electrons. The first kappa shape index (κ1) is 22.9. The van der Waals surface area contributed by atoms with E-state index in [1.165, 1.54) is 11.4 Å². The van der Waals surface area contributed by atoms with Crippen LogP contribution in [0.15, 0.2) is 53.4 Å². The van der Waals surface area contributed by atoms with Crippen molar-refractivity contribution < 1.29 is 27.4 Å². The Labute approximate surface area is 183 Å². The number of piperidine rings is 1. The highest BCUT2D eigenvalue weighted by Gasteiger charge is 2.25. The minimum atomic E-state index is -3.45. The second-order valence-electron chi connectivity index (χ2n) is 7.07. The van der Waals surface area contributed by atoms with E-state index in [-0.39, 0.29) is 24.0 Å².